The first-order valence-corrected chi connectivity index (χ1v) is 8.68. The molecule has 0 spiro atoms. The van der Waals surface area contributed by atoms with Crippen molar-refractivity contribution in [2.75, 3.05) is 27.2 Å². The lowest BCUT2D eigenvalue weighted by Crippen LogP contribution is -2.47. The van der Waals surface area contributed by atoms with Gasteiger partial charge in [0.15, 0.2) is 0 Å². The molecule has 0 aliphatic heterocycles. The summed E-state index contributed by atoms with van der Waals surface area (Å²) in [4.78, 5) is 2.21. The van der Waals surface area contributed by atoms with Crippen LogP contribution in [-0.2, 0) is 10.3 Å². The van der Waals surface area contributed by atoms with Crippen molar-refractivity contribution < 1.29 is 4.74 Å². The van der Waals surface area contributed by atoms with Crippen LogP contribution in [0.1, 0.15) is 45.6 Å². The van der Waals surface area contributed by atoms with E-state index in [2.05, 4.69) is 70.1 Å². The lowest BCUT2D eigenvalue weighted by atomic mass is 9.62. The first-order chi connectivity index (χ1) is 10.3. The van der Waals surface area contributed by atoms with Crippen LogP contribution in [0.2, 0.25) is 0 Å². The minimum Gasteiger partial charge on any atom is -0.368 e. The highest BCUT2D eigenvalue weighted by atomic mass is 16.5. The number of fused-ring (bicyclic) bond motifs is 2. The van der Waals surface area contributed by atoms with Gasteiger partial charge in [-0.3, -0.25) is 0 Å². The van der Waals surface area contributed by atoms with E-state index in [-0.39, 0.29) is 11.0 Å². The van der Waals surface area contributed by atoms with Gasteiger partial charge in [0.25, 0.3) is 0 Å². The molecule has 122 valence electrons. The van der Waals surface area contributed by atoms with E-state index in [1.165, 1.54) is 24.8 Å². The van der Waals surface area contributed by atoms with Gasteiger partial charge in [-0.1, -0.05) is 51.1 Å². The van der Waals surface area contributed by atoms with Crippen molar-refractivity contribution >= 4 is 0 Å². The molecule has 2 nitrogen and oxygen atoms in total. The van der Waals surface area contributed by atoms with Gasteiger partial charge in [-0.2, -0.15) is 0 Å². The third-order valence-electron chi connectivity index (χ3n) is 6.99. The Bertz CT molecular complexity index is 524. The summed E-state index contributed by atoms with van der Waals surface area (Å²) >= 11 is 0. The van der Waals surface area contributed by atoms with Gasteiger partial charge < -0.3 is 9.64 Å². The quantitative estimate of drug-likeness (QED) is 0.803. The number of benzene rings is 1. The van der Waals surface area contributed by atoms with Gasteiger partial charge in [0, 0.05) is 12.0 Å². The molecule has 1 aromatic rings. The van der Waals surface area contributed by atoms with E-state index in [9.17, 15) is 0 Å². The van der Waals surface area contributed by atoms with Crippen LogP contribution in [0.3, 0.4) is 0 Å². The fraction of sp³-hybridized carbons (Fsp3) is 0.700. The molecule has 2 saturated carbocycles. The fourth-order valence-corrected chi connectivity index (χ4v) is 5.10. The number of nitrogens with zero attached hydrogens (tertiary/aromatic N) is 1. The van der Waals surface area contributed by atoms with Crippen LogP contribution < -0.4 is 0 Å². The van der Waals surface area contributed by atoms with Crippen molar-refractivity contribution in [1.82, 2.24) is 4.90 Å². The number of likely N-dealkylation sites (N-methyl/N-ethyl adjacent to an activating group) is 1. The normalized spacial score (nSPS) is 36.2. The molecule has 2 bridgehead atoms. The Balaban J connectivity index is 1.99. The summed E-state index contributed by atoms with van der Waals surface area (Å²) in [6, 6.07) is 11.0. The molecule has 0 amide bonds. The van der Waals surface area contributed by atoms with E-state index in [1.807, 2.05) is 0 Å². The maximum absolute atomic E-state index is 6.72. The van der Waals surface area contributed by atoms with Crippen molar-refractivity contribution in [3.63, 3.8) is 0 Å². The smallest absolute Gasteiger partial charge is 0.0993 e. The second-order valence-corrected chi connectivity index (χ2v) is 8.34. The topological polar surface area (TPSA) is 12.5 Å². The average Bonchev–Trinajstić information content (AvgIpc) is 2.80. The summed E-state index contributed by atoms with van der Waals surface area (Å²) in [6.45, 7) is 9.19. The summed E-state index contributed by atoms with van der Waals surface area (Å²) in [5.74, 6) is 0.775. The Labute approximate surface area is 135 Å². The largest absolute Gasteiger partial charge is 0.368 e. The van der Waals surface area contributed by atoms with E-state index in [0.717, 1.165) is 19.1 Å². The predicted molar refractivity (Wildman–Crippen MR) is 91.9 cm³/mol. The molecule has 0 heterocycles. The average molecular weight is 301 g/mol. The van der Waals surface area contributed by atoms with E-state index in [0.29, 0.717) is 5.41 Å². The number of hydrogen-bond acceptors (Lipinski definition) is 2. The van der Waals surface area contributed by atoms with Gasteiger partial charge in [-0.25, -0.2) is 0 Å². The Kier molecular flexibility index (Phi) is 3.89. The Morgan fingerprint density at radius 3 is 2.32 bits per heavy atom. The van der Waals surface area contributed by atoms with E-state index in [4.69, 9.17) is 4.74 Å². The molecular weight excluding hydrogens is 270 g/mol. The van der Waals surface area contributed by atoms with Crippen LogP contribution in [-0.4, -0.2) is 32.1 Å². The van der Waals surface area contributed by atoms with E-state index in [1.54, 1.807) is 0 Å². The van der Waals surface area contributed by atoms with Crippen molar-refractivity contribution in [3.05, 3.63) is 35.9 Å². The predicted octanol–water partition coefficient (Wildman–Crippen LogP) is 4.31. The molecule has 0 N–H and O–H groups in total. The van der Waals surface area contributed by atoms with Crippen molar-refractivity contribution in [2.24, 2.45) is 16.7 Å². The van der Waals surface area contributed by atoms with E-state index < -0.39 is 0 Å². The highest BCUT2D eigenvalue weighted by Crippen LogP contribution is 2.73. The number of hydrogen-bond donors (Lipinski definition) is 0. The van der Waals surface area contributed by atoms with Crippen LogP contribution in [0, 0.1) is 16.7 Å². The second-order valence-electron chi connectivity index (χ2n) is 8.34. The molecule has 2 fully saturated rings. The Morgan fingerprint density at radius 2 is 1.82 bits per heavy atom. The summed E-state index contributed by atoms with van der Waals surface area (Å²) in [5, 5.41) is 0. The lowest BCUT2D eigenvalue weighted by molar-refractivity contribution is -0.148. The first-order valence-electron chi connectivity index (χ1n) is 8.68. The molecule has 2 heteroatoms. The van der Waals surface area contributed by atoms with Crippen LogP contribution >= 0.6 is 0 Å². The number of ether oxygens (including phenoxy) is 1. The minimum atomic E-state index is -0.114. The van der Waals surface area contributed by atoms with Gasteiger partial charge in [0.05, 0.1) is 12.2 Å². The molecule has 0 aromatic heterocycles. The lowest BCUT2D eigenvalue weighted by Gasteiger charge is -2.49. The van der Waals surface area contributed by atoms with Crippen LogP contribution in [0.4, 0.5) is 0 Å². The monoisotopic (exact) mass is 301 g/mol. The zero-order valence-electron chi connectivity index (χ0n) is 14.9. The number of rotatable bonds is 5. The third-order valence-corrected chi connectivity index (χ3v) is 6.99. The van der Waals surface area contributed by atoms with Crippen LogP contribution in [0.15, 0.2) is 30.3 Å². The van der Waals surface area contributed by atoms with Crippen molar-refractivity contribution in [2.45, 2.75) is 45.6 Å². The zero-order valence-corrected chi connectivity index (χ0v) is 14.9. The maximum Gasteiger partial charge on any atom is 0.0993 e. The molecular formula is C20H31NO. The molecule has 3 rings (SSSR count). The summed E-state index contributed by atoms with van der Waals surface area (Å²) in [5.41, 5.74) is 1.84. The summed E-state index contributed by atoms with van der Waals surface area (Å²) < 4.78 is 6.72. The summed E-state index contributed by atoms with van der Waals surface area (Å²) in [7, 11) is 4.23. The van der Waals surface area contributed by atoms with Gasteiger partial charge in [-0.15, -0.1) is 0 Å². The molecule has 0 saturated heterocycles. The second kappa shape index (κ2) is 5.35. The highest BCUT2D eigenvalue weighted by molar-refractivity contribution is 5.32. The Morgan fingerprint density at radius 1 is 1.14 bits per heavy atom. The highest BCUT2D eigenvalue weighted by Gasteiger charge is 2.69. The van der Waals surface area contributed by atoms with E-state index >= 15 is 0 Å². The first kappa shape index (κ1) is 16.0. The fourth-order valence-electron chi connectivity index (χ4n) is 5.10. The molecule has 0 radical (unpaired) electrons. The molecule has 2 aliphatic rings. The molecule has 1 unspecified atom stereocenters. The van der Waals surface area contributed by atoms with Crippen molar-refractivity contribution in [1.29, 1.82) is 0 Å². The van der Waals surface area contributed by atoms with Gasteiger partial charge in [-0.05, 0) is 50.3 Å². The standard InChI is InChI=1S/C20H31NO/c1-18(2)17-11-12-19(18,3)20(15-17,22-14-13-21(4)5)16-9-7-6-8-10-16/h6-10,17H,11-15H2,1-5H3/t17?,19-,20-/m1/s1. The Hall–Kier alpha value is -0.860. The van der Waals surface area contributed by atoms with Gasteiger partial charge in [0.1, 0.15) is 0 Å². The minimum absolute atomic E-state index is 0.114. The van der Waals surface area contributed by atoms with Crippen LogP contribution in [0.25, 0.3) is 0 Å². The third kappa shape index (κ3) is 2.07. The molecule has 1 aromatic carbocycles. The summed E-state index contributed by atoms with van der Waals surface area (Å²) in [6.07, 6.45) is 3.81. The van der Waals surface area contributed by atoms with Gasteiger partial charge >= 0.3 is 0 Å². The SMILES string of the molecule is CN(C)CCO[C@@]1(c2ccccc2)CC2CC[C@]1(C)C2(C)C. The molecule has 3 atom stereocenters. The molecule has 22 heavy (non-hydrogen) atoms. The van der Waals surface area contributed by atoms with Gasteiger partial charge in [0.2, 0.25) is 0 Å². The van der Waals surface area contributed by atoms with Crippen LogP contribution in [0.5, 0.6) is 0 Å². The van der Waals surface area contributed by atoms with Crippen molar-refractivity contribution in [3.8, 4) is 0 Å². The molecule has 2 aliphatic carbocycles. The maximum atomic E-state index is 6.72. The zero-order chi connectivity index (χ0) is 16.0.